The lowest BCUT2D eigenvalue weighted by Crippen LogP contribution is -2.40. The van der Waals surface area contributed by atoms with E-state index in [1.165, 1.54) is 16.8 Å². The van der Waals surface area contributed by atoms with Crippen LogP contribution in [0.3, 0.4) is 0 Å². The maximum Gasteiger partial charge on any atom is 0.231 e. The van der Waals surface area contributed by atoms with E-state index in [9.17, 15) is 0 Å². The quantitative estimate of drug-likeness (QED) is 0.336. The molecule has 2 aliphatic rings. The van der Waals surface area contributed by atoms with Gasteiger partial charge in [-0.2, -0.15) is 4.57 Å². The molecule has 0 atom stereocenters. The van der Waals surface area contributed by atoms with Crippen molar-refractivity contribution in [3.8, 4) is 34.3 Å². The fourth-order valence-corrected chi connectivity index (χ4v) is 4.16. The Labute approximate surface area is 171 Å². The molecule has 28 heavy (non-hydrogen) atoms. The van der Waals surface area contributed by atoms with E-state index < -0.39 is 0 Å². The van der Waals surface area contributed by atoms with Gasteiger partial charge in [-0.05, 0) is 41.6 Å². The number of methoxy groups -OCH3 is 1. The number of halogens is 1. The Hall–Kier alpha value is -2.47. The Morgan fingerprint density at radius 2 is 2.00 bits per heavy atom. The van der Waals surface area contributed by atoms with Crippen LogP contribution >= 0.6 is 15.9 Å². The summed E-state index contributed by atoms with van der Waals surface area (Å²) in [6.07, 6.45) is 4.08. The Bertz CT molecular complexity index is 1070. The first-order valence-electron chi connectivity index (χ1n) is 9.44. The molecule has 0 radical (unpaired) electrons. The fourth-order valence-electron chi connectivity index (χ4n) is 3.94. The Morgan fingerprint density at radius 3 is 2.82 bits per heavy atom. The molecule has 5 rings (SSSR count). The van der Waals surface area contributed by atoms with E-state index in [0.717, 1.165) is 58.5 Å². The number of hydrogen-bond acceptors (Lipinski definition) is 4. The molecule has 3 heterocycles. The van der Waals surface area contributed by atoms with Gasteiger partial charge < -0.3 is 18.9 Å². The second-order valence-electron chi connectivity index (χ2n) is 6.96. The van der Waals surface area contributed by atoms with Gasteiger partial charge in [0.2, 0.25) is 12.5 Å². The predicted octanol–water partition coefficient (Wildman–Crippen LogP) is 4.25. The molecule has 6 heteroatoms. The number of nitrogens with zero attached hydrogens (tertiary/aromatic N) is 1. The van der Waals surface area contributed by atoms with Crippen LogP contribution in [0.2, 0.25) is 0 Å². The molecular weight excluding hydrogens is 422 g/mol. The standard InChI is InChI=1S/C22H21BrNO4/c1-25-19-4-3-14-9-18-16-11-21-20(27-13-28-21)10-15(16)5-7-24(18)12-17(14)22(19)26-8-2-6-23/h3-4,9-12H,2,5-8,13H2,1H3/q+1. The summed E-state index contributed by atoms with van der Waals surface area (Å²) in [5, 5.41) is 3.12. The van der Waals surface area contributed by atoms with Gasteiger partial charge in [-0.1, -0.05) is 15.9 Å². The highest BCUT2D eigenvalue weighted by atomic mass is 79.9. The molecule has 144 valence electrons. The van der Waals surface area contributed by atoms with E-state index in [4.69, 9.17) is 18.9 Å². The van der Waals surface area contributed by atoms with Gasteiger partial charge in [0.1, 0.15) is 0 Å². The molecule has 2 aromatic carbocycles. The molecule has 0 unspecified atom stereocenters. The van der Waals surface area contributed by atoms with Gasteiger partial charge in [-0.15, -0.1) is 0 Å². The summed E-state index contributed by atoms with van der Waals surface area (Å²) >= 11 is 3.46. The molecule has 3 aromatic rings. The van der Waals surface area contributed by atoms with Crippen LogP contribution in [-0.4, -0.2) is 25.8 Å². The fraction of sp³-hybridized carbons (Fsp3) is 0.318. The van der Waals surface area contributed by atoms with Crippen molar-refractivity contribution < 1.29 is 23.5 Å². The molecule has 0 saturated carbocycles. The summed E-state index contributed by atoms with van der Waals surface area (Å²) in [6.45, 7) is 1.86. The molecule has 5 nitrogen and oxygen atoms in total. The van der Waals surface area contributed by atoms with Crippen molar-refractivity contribution in [1.82, 2.24) is 0 Å². The van der Waals surface area contributed by atoms with Crippen molar-refractivity contribution in [1.29, 1.82) is 0 Å². The highest BCUT2D eigenvalue weighted by Gasteiger charge is 2.28. The molecule has 0 spiro atoms. The van der Waals surface area contributed by atoms with Gasteiger partial charge in [0.05, 0.1) is 24.7 Å². The third kappa shape index (κ3) is 2.87. The zero-order valence-electron chi connectivity index (χ0n) is 15.7. The van der Waals surface area contributed by atoms with E-state index in [0.29, 0.717) is 13.4 Å². The zero-order valence-corrected chi connectivity index (χ0v) is 17.3. The molecule has 1 aromatic heterocycles. The van der Waals surface area contributed by atoms with Crippen LogP contribution in [0.5, 0.6) is 23.0 Å². The number of fused-ring (bicyclic) bond motifs is 5. The van der Waals surface area contributed by atoms with Crippen molar-refractivity contribution in [3.05, 3.63) is 42.1 Å². The molecule has 0 saturated heterocycles. The van der Waals surface area contributed by atoms with Crippen LogP contribution in [0, 0.1) is 0 Å². The lowest BCUT2D eigenvalue weighted by Gasteiger charge is -2.18. The average molecular weight is 443 g/mol. The molecule has 0 aliphatic carbocycles. The SMILES string of the molecule is COc1ccc2cc3[n+](cc2c1OCCCBr)CCc1cc2c(cc1-3)OCO2. The Kier molecular flexibility index (Phi) is 4.51. The number of benzene rings is 2. The minimum absolute atomic E-state index is 0.296. The summed E-state index contributed by atoms with van der Waals surface area (Å²) in [5.41, 5.74) is 3.68. The van der Waals surface area contributed by atoms with E-state index in [1.54, 1.807) is 7.11 Å². The average Bonchev–Trinajstić information content (AvgIpc) is 3.18. The van der Waals surface area contributed by atoms with Crippen LogP contribution in [0.1, 0.15) is 12.0 Å². The van der Waals surface area contributed by atoms with Crippen molar-refractivity contribution in [2.45, 2.75) is 19.4 Å². The maximum atomic E-state index is 6.10. The summed E-state index contributed by atoms with van der Waals surface area (Å²) < 4.78 is 25.1. The molecule has 0 bridgehead atoms. The predicted molar refractivity (Wildman–Crippen MR) is 110 cm³/mol. The van der Waals surface area contributed by atoms with Gasteiger partial charge in [0.15, 0.2) is 35.7 Å². The Morgan fingerprint density at radius 1 is 1.14 bits per heavy atom. The number of rotatable bonds is 5. The third-order valence-corrected chi connectivity index (χ3v) is 5.88. The van der Waals surface area contributed by atoms with Gasteiger partial charge >= 0.3 is 0 Å². The maximum absolute atomic E-state index is 6.10. The topological polar surface area (TPSA) is 40.8 Å². The molecule has 0 N–H and O–H groups in total. The highest BCUT2D eigenvalue weighted by molar-refractivity contribution is 9.09. The first-order chi connectivity index (χ1) is 13.8. The summed E-state index contributed by atoms with van der Waals surface area (Å²) in [7, 11) is 1.68. The first-order valence-corrected chi connectivity index (χ1v) is 10.6. The lowest BCUT2D eigenvalue weighted by molar-refractivity contribution is -0.686. The van der Waals surface area contributed by atoms with Gasteiger partial charge in [0, 0.05) is 17.8 Å². The highest BCUT2D eigenvalue weighted by Crippen LogP contribution is 2.41. The Balaban J connectivity index is 1.65. The van der Waals surface area contributed by atoms with Gasteiger partial charge in [-0.25, -0.2) is 0 Å². The molecule has 0 fully saturated rings. The second-order valence-corrected chi connectivity index (χ2v) is 7.75. The summed E-state index contributed by atoms with van der Waals surface area (Å²) in [4.78, 5) is 0. The number of pyridine rings is 1. The van der Waals surface area contributed by atoms with E-state index >= 15 is 0 Å². The number of alkyl halides is 1. The van der Waals surface area contributed by atoms with Crippen molar-refractivity contribution >= 4 is 26.7 Å². The van der Waals surface area contributed by atoms with Crippen LogP contribution in [0.25, 0.3) is 22.0 Å². The number of ether oxygens (including phenoxy) is 4. The number of aryl methyl sites for hydroxylation is 2. The minimum atomic E-state index is 0.296. The molecular formula is C22H21BrNO4+. The van der Waals surface area contributed by atoms with Crippen LogP contribution in [0.4, 0.5) is 0 Å². The smallest absolute Gasteiger partial charge is 0.231 e. The van der Waals surface area contributed by atoms with Crippen molar-refractivity contribution in [2.75, 3.05) is 25.8 Å². The van der Waals surface area contributed by atoms with E-state index in [1.807, 2.05) is 6.07 Å². The third-order valence-electron chi connectivity index (χ3n) is 5.32. The zero-order chi connectivity index (χ0) is 19.1. The van der Waals surface area contributed by atoms with E-state index in [-0.39, 0.29) is 0 Å². The van der Waals surface area contributed by atoms with Crippen LogP contribution in [0.15, 0.2) is 36.5 Å². The summed E-state index contributed by atoms with van der Waals surface area (Å²) in [6, 6.07) is 10.5. The van der Waals surface area contributed by atoms with Crippen molar-refractivity contribution in [2.24, 2.45) is 0 Å². The van der Waals surface area contributed by atoms with Crippen LogP contribution in [-0.2, 0) is 13.0 Å². The summed E-state index contributed by atoms with van der Waals surface area (Å²) in [5.74, 6) is 3.25. The van der Waals surface area contributed by atoms with Crippen molar-refractivity contribution in [3.63, 3.8) is 0 Å². The molecule has 0 amide bonds. The van der Waals surface area contributed by atoms with Gasteiger partial charge in [-0.3, -0.25) is 0 Å². The normalized spacial score (nSPS) is 13.9. The number of hydrogen-bond donors (Lipinski definition) is 0. The lowest BCUT2D eigenvalue weighted by atomic mass is 9.95. The van der Waals surface area contributed by atoms with E-state index in [2.05, 4.69) is 51.0 Å². The second kappa shape index (κ2) is 7.17. The van der Waals surface area contributed by atoms with Crippen LogP contribution < -0.4 is 23.5 Å². The number of aromatic nitrogens is 1. The minimum Gasteiger partial charge on any atom is -0.493 e. The first kappa shape index (κ1) is 17.6. The largest absolute Gasteiger partial charge is 0.493 e. The van der Waals surface area contributed by atoms with Gasteiger partial charge in [0.25, 0.3) is 0 Å². The monoisotopic (exact) mass is 442 g/mol. The molecule has 2 aliphatic heterocycles.